The number of nitrogens with zero attached hydrogens (tertiary/aromatic N) is 6. The van der Waals surface area contributed by atoms with Crippen LogP contribution in [0.3, 0.4) is 0 Å². The van der Waals surface area contributed by atoms with Gasteiger partial charge in [-0.2, -0.15) is 10.1 Å². The first-order valence-electron chi connectivity index (χ1n) is 22.1. The van der Waals surface area contributed by atoms with Gasteiger partial charge in [-0.05, 0) is 73.2 Å². The highest BCUT2D eigenvalue weighted by molar-refractivity contribution is 6.25. The molecule has 5 heterocycles. The Hall–Kier alpha value is -6.80. The second kappa shape index (κ2) is 21.0. The second-order valence-electron chi connectivity index (χ2n) is 16.3. The van der Waals surface area contributed by atoms with Crippen LogP contribution in [0.4, 0.5) is 28.8 Å². The molecule has 19 heteroatoms. The van der Waals surface area contributed by atoms with Gasteiger partial charge in [0.2, 0.25) is 23.7 Å². The predicted octanol–water partition coefficient (Wildman–Crippen LogP) is 4.32. The number of nitrogens with one attached hydrogen (secondary N) is 4. The molecule has 0 saturated carbocycles. The zero-order valence-corrected chi connectivity index (χ0v) is 37.3. The van der Waals surface area contributed by atoms with Crippen molar-refractivity contribution in [3.8, 4) is 0 Å². The normalized spacial score (nSPS) is 15.8. The molecular formula is C47H54N10O9. The van der Waals surface area contributed by atoms with E-state index in [0.29, 0.717) is 95.6 Å². The Morgan fingerprint density at radius 1 is 0.818 bits per heavy atom. The van der Waals surface area contributed by atoms with Gasteiger partial charge in [0.15, 0.2) is 11.5 Å². The Labute approximate surface area is 381 Å². The average Bonchev–Trinajstić information content (AvgIpc) is 3.76. The van der Waals surface area contributed by atoms with Gasteiger partial charge < -0.3 is 39.8 Å². The number of para-hydroxylation sites is 1. The maximum absolute atomic E-state index is 13.2. The van der Waals surface area contributed by atoms with E-state index in [0.717, 1.165) is 44.8 Å². The zero-order valence-electron chi connectivity index (χ0n) is 37.3. The Balaban J connectivity index is 0.671. The van der Waals surface area contributed by atoms with Crippen LogP contribution >= 0.6 is 0 Å². The highest BCUT2D eigenvalue weighted by Crippen LogP contribution is 2.33. The van der Waals surface area contributed by atoms with Crippen LogP contribution in [0.15, 0.2) is 60.8 Å². The summed E-state index contributed by atoms with van der Waals surface area (Å²) in [5.41, 5.74) is 7.97. The standard InChI is InChI=1S/C47H54N10O9/c1-29-6-4-7-30(2)41(29)52-42-35-27-49-47(53-43(35)55(3)54-42)50-33-11-10-31-14-17-56(28-32(31)26-33)39(59)15-18-63-20-22-65-24-25-66-23-21-64-19-16-48-36-9-5-8-34-40(36)46(62)57(45(34)61)37-12-13-38(58)51-44(37)60/h4-11,26-27,37,48H,12-25,28H2,1-3H3,(H,52,54)(H,49,50,53)(H,51,58,60). The van der Waals surface area contributed by atoms with Gasteiger partial charge >= 0.3 is 0 Å². The summed E-state index contributed by atoms with van der Waals surface area (Å²) < 4.78 is 24.2. The maximum Gasteiger partial charge on any atom is 0.264 e. The smallest absolute Gasteiger partial charge is 0.264 e. The largest absolute Gasteiger partial charge is 0.382 e. The average molecular weight is 903 g/mol. The molecule has 1 unspecified atom stereocenters. The topological polar surface area (TPSA) is 220 Å². The van der Waals surface area contributed by atoms with E-state index < -0.39 is 29.7 Å². The summed E-state index contributed by atoms with van der Waals surface area (Å²) in [6.45, 7) is 8.48. The van der Waals surface area contributed by atoms with Crippen molar-refractivity contribution in [1.82, 2.24) is 34.9 Å². The molecule has 2 aromatic heterocycles. The number of piperidine rings is 1. The Kier molecular flexibility index (Phi) is 14.6. The van der Waals surface area contributed by atoms with Crippen molar-refractivity contribution in [2.24, 2.45) is 7.05 Å². The summed E-state index contributed by atoms with van der Waals surface area (Å²) in [5.74, 6) is -1.01. The van der Waals surface area contributed by atoms with Gasteiger partial charge in [0.1, 0.15) is 6.04 Å². The Bertz CT molecular complexity index is 2610. The Morgan fingerprint density at radius 2 is 1.53 bits per heavy atom. The summed E-state index contributed by atoms with van der Waals surface area (Å²) in [6.07, 6.45) is 2.98. The maximum atomic E-state index is 13.2. The lowest BCUT2D eigenvalue weighted by atomic mass is 9.99. The molecule has 1 saturated heterocycles. The third kappa shape index (κ3) is 10.5. The summed E-state index contributed by atoms with van der Waals surface area (Å²) >= 11 is 0. The number of fused-ring (bicyclic) bond motifs is 3. The van der Waals surface area contributed by atoms with Gasteiger partial charge in [-0.3, -0.25) is 34.2 Å². The van der Waals surface area contributed by atoms with Crippen LogP contribution in [0.25, 0.3) is 11.0 Å². The molecular weight excluding hydrogens is 849 g/mol. The molecule has 19 nitrogen and oxygen atoms in total. The molecule has 4 N–H and O–H groups in total. The third-order valence-electron chi connectivity index (χ3n) is 11.7. The van der Waals surface area contributed by atoms with Crippen LogP contribution in [0.1, 0.15) is 62.2 Å². The van der Waals surface area contributed by atoms with Crippen LogP contribution < -0.4 is 21.3 Å². The van der Waals surface area contributed by atoms with Crippen molar-refractivity contribution in [1.29, 1.82) is 0 Å². The van der Waals surface area contributed by atoms with Gasteiger partial charge in [0.25, 0.3) is 11.8 Å². The lowest BCUT2D eigenvalue weighted by Crippen LogP contribution is -2.54. The summed E-state index contributed by atoms with van der Waals surface area (Å²) in [7, 11) is 1.86. The monoisotopic (exact) mass is 902 g/mol. The number of aryl methyl sites for hydroxylation is 3. The van der Waals surface area contributed by atoms with Crippen molar-refractivity contribution < 1.29 is 42.9 Å². The SMILES string of the molecule is Cc1cccc(C)c1Nc1nn(C)c2nc(Nc3ccc4c(c3)CN(C(=O)CCOCCOCCOCCOCCNc3cccc5c3C(=O)N(C3CCC(=O)NC3=O)C5=O)CC4)ncc12. The minimum Gasteiger partial charge on any atom is -0.382 e. The van der Waals surface area contributed by atoms with Crippen LogP contribution in [0.2, 0.25) is 0 Å². The predicted molar refractivity (Wildman–Crippen MR) is 244 cm³/mol. The lowest BCUT2D eigenvalue weighted by molar-refractivity contribution is -0.136. The van der Waals surface area contributed by atoms with Crippen molar-refractivity contribution >= 4 is 69.4 Å². The van der Waals surface area contributed by atoms with Crippen molar-refractivity contribution in [3.63, 3.8) is 0 Å². The summed E-state index contributed by atoms with van der Waals surface area (Å²) in [6, 6.07) is 16.2. The Morgan fingerprint density at radius 3 is 2.27 bits per heavy atom. The molecule has 66 heavy (non-hydrogen) atoms. The highest BCUT2D eigenvalue weighted by Gasteiger charge is 2.45. The van der Waals surface area contributed by atoms with E-state index in [1.165, 1.54) is 5.56 Å². The van der Waals surface area contributed by atoms with E-state index in [-0.39, 0.29) is 36.3 Å². The number of hydrogen-bond donors (Lipinski definition) is 4. The molecule has 0 aliphatic carbocycles. The number of aromatic nitrogens is 4. The number of carbonyl (C=O) groups excluding carboxylic acids is 5. The number of imide groups is 2. The number of benzene rings is 3. The molecule has 5 amide bonds. The van der Waals surface area contributed by atoms with Crippen molar-refractivity contribution in [2.75, 3.05) is 81.9 Å². The van der Waals surface area contributed by atoms with E-state index in [1.807, 2.05) is 24.1 Å². The third-order valence-corrected chi connectivity index (χ3v) is 11.7. The number of amides is 5. The van der Waals surface area contributed by atoms with E-state index in [4.69, 9.17) is 23.9 Å². The van der Waals surface area contributed by atoms with Gasteiger partial charge in [-0.15, -0.1) is 0 Å². The first-order valence-corrected chi connectivity index (χ1v) is 22.1. The quantitative estimate of drug-likeness (QED) is 0.0595. The second-order valence-corrected chi connectivity index (χ2v) is 16.3. The molecule has 5 aromatic rings. The van der Waals surface area contributed by atoms with Crippen molar-refractivity contribution in [2.45, 2.75) is 52.1 Å². The molecule has 1 atom stereocenters. The van der Waals surface area contributed by atoms with Crippen LogP contribution in [-0.2, 0) is 53.3 Å². The summed E-state index contributed by atoms with van der Waals surface area (Å²) in [4.78, 5) is 75.5. The molecule has 3 aromatic carbocycles. The number of rotatable bonds is 21. The van der Waals surface area contributed by atoms with E-state index >= 15 is 0 Å². The van der Waals surface area contributed by atoms with E-state index in [9.17, 15) is 24.0 Å². The molecule has 3 aliphatic rings. The molecule has 8 rings (SSSR count). The summed E-state index contributed by atoms with van der Waals surface area (Å²) in [5, 5.41) is 17.6. The number of hydrogen-bond acceptors (Lipinski definition) is 15. The zero-order chi connectivity index (χ0) is 46.2. The number of anilines is 5. The van der Waals surface area contributed by atoms with Gasteiger partial charge in [-0.25, -0.2) is 9.67 Å². The number of ether oxygens (including phenoxy) is 4. The first-order chi connectivity index (χ1) is 32.0. The van der Waals surface area contributed by atoms with Crippen LogP contribution in [0, 0.1) is 13.8 Å². The van der Waals surface area contributed by atoms with Crippen molar-refractivity contribution in [3.05, 3.63) is 94.2 Å². The van der Waals surface area contributed by atoms with Crippen LogP contribution in [-0.4, -0.2) is 131 Å². The molecule has 3 aliphatic heterocycles. The fourth-order valence-corrected chi connectivity index (χ4v) is 8.30. The van der Waals surface area contributed by atoms with Gasteiger partial charge in [0, 0.05) is 56.4 Å². The van der Waals surface area contributed by atoms with E-state index in [2.05, 4.69) is 69.5 Å². The van der Waals surface area contributed by atoms with E-state index in [1.54, 1.807) is 29.1 Å². The minimum atomic E-state index is -1.02. The van der Waals surface area contributed by atoms with Crippen LogP contribution in [0.5, 0.6) is 0 Å². The fraction of sp³-hybridized carbons (Fsp3) is 0.404. The minimum absolute atomic E-state index is 0.0372. The van der Waals surface area contributed by atoms with Gasteiger partial charge in [-0.1, -0.05) is 30.3 Å². The lowest BCUT2D eigenvalue weighted by Gasteiger charge is -2.29. The molecule has 0 bridgehead atoms. The first kappa shape index (κ1) is 45.8. The molecule has 346 valence electrons. The molecule has 1 fully saturated rings. The highest BCUT2D eigenvalue weighted by atomic mass is 16.6. The molecule has 0 radical (unpaired) electrons. The van der Waals surface area contributed by atoms with Gasteiger partial charge in [0.05, 0.1) is 75.8 Å². The fourth-order valence-electron chi connectivity index (χ4n) is 8.30. The number of carbonyl (C=O) groups is 5. The molecule has 0 spiro atoms.